The Labute approximate surface area is 112 Å². The SMILES string of the molecule is O=C(O)c1n[nH]c2c(O)n(Cc3ccccc3)c(O)c12. The number of carboxylic acids is 1. The number of benzene rings is 1. The second-order valence-electron chi connectivity index (χ2n) is 4.35. The number of nitrogens with one attached hydrogen (secondary N) is 1. The van der Waals surface area contributed by atoms with Gasteiger partial charge >= 0.3 is 5.97 Å². The Hall–Kier alpha value is -2.96. The molecule has 0 amide bonds. The summed E-state index contributed by atoms with van der Waals surface area (Å²) in [5, 5.41) is 35.2. The van der Waals surface area contributed by atoms with Crippen LogP contribution in [0.1, 0.15) is 16.1 Å². The van der Waals surface area contributed by atoms with Gasteiger partial charge in [0.1, 0.15) is 10.9 Å². The molecule has 2 heterocycles. The second kappa shape index (κ2) is 4.30. The van der Waals surface area contributed by atoms with Gasteiger partial charge in [0.15, 0.2) is 5.69 Å². The van der Waals surface area contributed by atoms with Crippen LogP contribution in [0.5, 0.6) is 11.8 Å². The molecule has 0 atom stereocenters. The highest BCUT2D eigenvalue weighted by Crippen LogP contribution is 2.37. The fourth-order valence-electron chi connectivity index (χ4n) is 2.16. The number of aromatic carboxylic acids is 1. The topological polar surface area (TPSA) is 111 Å². The molecule has 0 aliphatic heterocycles. The Kier molecular flexibility index (Phi) is 2.60. The molecule has 0 unspecified atom stereocenters. The van der Waals surface area contributed by atoms with Gasteiger partial charge in [0, 0.05) is 0 Å². The zero-order valence-corrected chi connectivity index (χ0v) is 10.2. The van der Waals surface area contributed by atoms with E-state index in [9.17, 15) is 15.0 Å². The number of aromatic nitrogens is 3. The second-order valence-corrected chi connectivity index (χ2v) is 4.35. The van der Waals surface area contributed by atoms with Crippen molar-refractivity contribution in [2.45, 2.75) is 6.54 Å². The Morgan fingerprint density at radius 3 is 2.55 bits per heavy atom. The number of fused-ring (bicyclic) bond motifs is 1. The van der Waals surface area contributed by atoms with Gasteiger partial charge in [0.05, 0.1) is 6.54 Å². The molecule has 0 radical (unpaired) electrons. The Morgan fingerprint density at radius 2 is 1.90 bits per heavy atom. The number of aromatic amines is 1. The average molecular weight is 273 g/mol. The first-order valence-electron chi connectivity index (χ1n) is 5.85. The largest absolute Gasteiger partial charge is 0.494 e. The smallest absolute Gasteiger partial charge is 0.357 e. The number of nitrogens with zero attached hydrogens (tertiary/aromatic N) is 2. The molecule has 2 aromatic heterocycles. The molecule has 0 saturated carbocycles. The summed E-state index contributed by atoms with van der Waals surface area (Å²) in [5.74, 6) is -1.85. The fourth-order valence-corrected chi connectivity index (χ4v) is 2.16. The van der Waals surface area contributed by atoms with Gasteiger partial charge in [-0.2, -0.15) is 5.10 Å². The molecule has 0 aliphatic carbocycles. The number of H-pyrrole nitrogens is 1. The molecule has 7 heteroatoms. The molecule has 20 heavy (non-hydrogen) atoms. The molecule has 7 nitrogen and oxygen atoms in total. The molecule has 0 fully saturated rings. The van der Waals surface area contributed by atoms with E-state index < -0.39 is 5.97 Å². The van der Waals surface area contributed by atoms with Crippen molar-refractivity contribution in [2.24, 2.45) is 0 Å². The van der Waals surface area contributed by atoms with Crippen molar-refractivity contribution >= 4 is 16.9 Å². The van der Waals surface area contributed by atoms with E-state index in [0.29, 0.717) is 0 Å². The summed E-state index contributed by atoms with van der Waals surface area (Å²) in [4.78, 5) is 11.0. The molecule has 102 valence electrons. The van der Waals surface area contributed by atoms with Gasteiger partial charge in [-0.05, 0) is 5.56 Å². The number of aromatic hydroxyl groups is 2. The van der Waals surface area contributed by atoms with Crippen LogP contribution in [-0.4, -0.2) is 36.1 Å². The monoisotopic (exact) mass is 273 g/mol. The predicted molar refractivity (Wildman–Crippen MR) is 69.9 cm³/mol. The van der Waals surface area contributed by atoms with E-state index in [-0.39, 0.29) is 34.9 Å². The number of carboxylic acid groups (broad SMARTS) is 1. The maximum Gasteiger partial charge on any atom is 0.357 e. The van der Waals surface area contributed by atoms with Crippen LogP contribution in [0.15, 0.2) is 30.3 Å². The van der Waals surface area contributed by atoms with Crippen molar-refractivity contribution in [1.82, 2.24) is 14.8 Å². The molecule has 0 aliphatic rings. The van der Waals surface area contributed by atoms with E-state index in [4.69, 9.17) is 5.11 Å². The van der Waals surface area contributed by atoms with Crippen molar-refractivity contribution in [3.05, 3.63) is 41.6 Å². The molecule has 3 aromatic rings. The maximum absolute atomic E-state index is 11.0. The molecule has 0 saturated heterocycles. The highest BCUT2D eigenvalue weighted by molar-refractivity contribution is 6.05. The summed E-state index contributed by atoms with van der Waals surface area (Å²) in [5.41, 5.74) is 0.649. The summed E-state index contributed by atoms with van der Waals surface area (Å²) in [6.45, 7) is 0.222. The highest BCUT2D eigenvalue weighted by atomic mass is 16.4. The van der Waals surface area contributed by atoms with Crippen LogP contribution in [0.25, 0.3) is 10.9 Å². The van der Waals surface area contributed by atoms with Crippen LogP contribution >= 0.6 is 0 Å². The quantitative estimate of drug-likeness (QED) is 0.578. The number of hydrogen-bond donors (Lipinski definition) is 4. The summed E-state index contributed by atoms with van der Waals surface area (Å²) in [6.07, 6.45) is 0. The van der Waals surface area contributed by atoms with Crippen molar-refractivity contribution in [3.63, 3.8) is 0 Å². The number of rotatable bonds is 3. The van der Waals surface area contributed by atoms with Crippen LogP contribution in [-0.2, 0) is 6.54 Å². The summed E-state index contributed by atoms with van der Waals surface area (Å²) in [6, 6.07) is 9.20. The van der Waals surface area contributed by atoms with Crippen LogP contribution in [0, 0.1) is 0 Å². The highest BCUT2D eigenvalue weighted by Gasteiger charge is 2.25. The van der Waals surface area contributed by atoms with Crippen molar-refractivity contribution in [2.75, 3.05) is 0 Å². The lowest BCUT2D eigenvalue weighted by Gasteiger charge is -2.06. The van der Waals surface area contributed by atoms with Crippen LogP contribution in [0.2, 0.25) is 0 Å². The minimum absolute atomic E-state index is 0.00549. The number of carbonyl (C=O) groups is 1. The lowest BCUT2D eigenvalue weighted by Crippen LogP contribution is -2.00. The molecule has 4 N–H and O–H groups in total. The van der Waals surface area contributed by atoms with Gasteiger partial charge in [-0.25, -0.2) is 4.79 Å². The standard InChI is InChI=1S/C13H11N3O4/c17-11-8-9(14-15-10(8)13(19)20)12(18)16(11)6-7-4-2-1-3-5-7/h1-5,14,17-18H,6H2,(H,19,20). The molecule has 1 aromatic carbocycles. The van der Waals surface area contributed by atoms with E-state index in [1.807, 2.05) is 30.3 Å². The maximum atomic E-state index is 11.0. The third-order valence-electron chi connectivity index (χ3n) is 3.11. The third-order valence-corrected chi connectivity index (χ3v) is 3.11. The molecular formula is C13H11N3O4. The number of hydrogen-bond acceptors (Lipinski definition) is 4. The van der Waals surface area contributed by atoms with Gasteiger partial charge in [-0.1, -0.05) is 30.3 Å². The van der Waals surface area contributed by atoms with Crippen molar-refractivity contribution in [1.29, 1.82) is 0 Å². The first-order chi connectivity index (χ1) is 9.59. The van der Waals surface area contributed by atoms with Gasteiger partial charge in [0.25, 0.3) is 0 Å². The summed E-state index contributed by atoms with van der Waals surface area (Å²) in [7, 11) is 0. The van der Waals surface area contributed by atoms with Crippen LogP contribution < -0.4 is 0 Å². The van der Waals surface area contributed by atoms with E-state index in [1.165, 1.54) is 4.57 Å². The van der Waals surface area contributed by atoms with Crippen LogP contribution in [0.4, 0.5) is 0 Å². The van der Waals surface area contributed by atoms with Gasteiger partial charge in [-0.3, -0.25) is 9.67 Å². The first-order valence-corrected chi connectivity index (χ1v) is 5.85. The molecular weight excluding hydrogens is 262 g/mol. The van der Waals surface area contributed by atoms with E-state index >= 15 is 0 Å². The fraction of sp³-hybridized carbons (Fsp3) is 0.0769. The normalized spacial score (nSPS) is 11.0. The summed E-state index contributed by atoms with van der Waals surface area (Å²) < 4.78 is 1.23. The van der Waals surface area contributed by atoms with E-state index in [0.717, 1.165) is 5.56 Å². The Morgan fingerprint density at radius 1 is 1.20 bits per heavy atom. The van der Waals surface area contributed by atoms with E-state index in [2.05, 4.69) is 10.2 Å². The third kappa shape index (κ3) is 1.68. The molecule has 0 spiro atoms. The Balaban J connectivity index is 2.15. The lowest BCUT2D eigenvalue weighted by atomic mass is 10.2. The van der Waals surface area contributed by atoms with Gasteiger partial charge in [-0.15, -0.1) is 0 Å². The lowest BCUT2D eigenvalue weighted by molar-refractivity contribution is 0.0692. The average Bonchev–Trinajstić information content (AvgIpc) is 2.97. The van der Waals surface area contributed by atoms with E-state index in [1.54, 1.807) is 0 Å². The first kappa shape index (κ1) is 12.1. The van der Waals surface area contributed by atoms with Crippen LogP contribution in [0.3, 0.4) is 0 Å². The zero-order valence-electron chi connectivity index (χ0n) is 10.2. The predicted octanol–water partition coefficient (Wildman–Crippen LogP) is 1.52. The molecule has 0 bridgehead atoms. The Bertz CT molecular complexity index is 789. The minimum Gasteiger partial charge on any atom is -0.494 e. The van der Waals surface area contributed by atoms with Gasteiger partial charge < -0.3 is 15.3 Å². The van der Waals surface area contributed by atoms with Crippen molar-refractivity contribution < 1.29 is 20.1 Å². The summed E-state index contributed by atoms with van der Waals surface area (Å²) >= 11 is 0. The minimum atomic E-state index is -1.27. The van der Waals surface area contributed by atoms with Gasteiger partial charge in [0.2, 0.25) is 11.8 Å². The molecule has 3 rings (SSSR count). The zero-order chi connectivity index (χ0) is 14.3. The van der Waals surface area contributed by atoms with Crippen molar-refractivity contribution in [3.8, 4) is 11.8 Å².